The van der Waals surface area contributed by atoms with Crippen molar-refractivity contribution in [2.45, 2.75) is 71.4 Å². The molecule has 3 fully saturated rings. The second-order valence-electron chi connectivity index (χ2n) is 9.97. The molecule has 2 atom stereocenters. The van der Waals surface area contributed by atoms with Gasteiger partial charge in [-0.25, -0.2) is 9.97 Å². The Balaban J connectivity index is 0.00000115. The van der Waals surface area contributed by atoms with Gasteiger partial charge in [0.05, 0.1) is 30.2 Å². The Hall–Kier alpha value is -3.95. The normalized spacial score (nSPS) is 19.9. The standard InChI is InChI=1S/C26H30N8O2.C2H6.CH4/c1-32-15-19(13-29-32)30-25-23(24(27)35)28-14-22(31-25)33-11-2-3-20-21(33)10-12-34(20)26(36)18-8-6-17(7-9-18)16-4-5-16;1-2;/h6-9,13-16,20-21H,2-5,10-12H2,1H3,(H2,27,35)(H,30,31);1-2H3;1H4. The zero-order valence-electron chi connectivity index (χ0n) is 22.3. The highest BCUT2D eigenvalue weighted by Crippen LogP contribution is 2.40. The van der Waals surface area contributed by atoms with Gasteiger partial charge in [-0.1, -0.05) is 33.4 Å². The summed E-state index contributed by atoms with van der Waals surface area (Å²) in [6, 6.07) is 8.44. The number of piperidine rings is 1. The maximum Gasteiger partial charge on any atom is 0.271 e. The molecule has 0 spiro atoms. The fraction of sp³-hybridized carbons (Fsp3) is 0.483. The number of carbonyl (C=O) groups excluding carboxylic acids is 2. The van der Waals surface area contributed by atoms with E-state index in [0.717, 1.165) is 31.4 Å². The van der Waals surface area contributed by atoms with Crippen molar-refractivity contribution in [2.24, 2.45) is 12.8 Å². The third kappa shape index (κ3) is 5.74. The smallest absolute Gasteiger partial charge is 0.271 e. The number of aryl methyl sites for hydroxylation is 1. The molecule has 4 heterocycles. The van der Waals surface area contributed by atoms with E-state index >= 15 is 0 Å². The first-order valence-electron chi connectivity index (χ1n) is 13.6. The van der Waals surface area contributed by atoms with Crippen LogP contribution in [0.1, 0.15) is 85.7 Å². The van der Waals surface area contributed by atoms with Crippen molar-refractivity contribution in [3.63, 3.8) is 0 Å². The summed E-state index contributed by atoms with van der Waals surface area (Å²) in [5.74, 6) is 1.10. The first kappa shape index (κ1) is 28.1. The molecule has 3 aromatic rings. The van der Waals surface area contributed by atoms with Crippen LogP contribution in [-0.2, 0) is 7.05 Å². The van der Waals surface area contributed by atoms with E-state index in [2.05, 4.69) is 32.4 Å². The van der Waals surface area contributed by atoms with Gasteiger partial charge in [-0.3, -0.25) is 14.3 Å². The van der Waals surface area contributed by atoms with Crippen LogP contribution in [0.2, 0.25) is 0 Å². The van der Waals surface area contributed by atoms with Gasteiger partial charge in [-0.2, -0.15) is 5.10 Å². The zero-order chi connectivity index (χ0) is 26.8. The lowest BCUT2D eigenvalue weighted by Crippen LogP contribution is -2.51. The Morgan fingerprint density at radius 3 is 2.38 bits per heavy atom. The number of aromatic nitrogens is 4. The molecular formula is C29H40N8O2. The van der Waals surface area contributed by atoms with Crippen LogP contribution in [-0.4, -0.2) is 61.6 Å². The predicted molar refractivity (Wildman–Crippen MR) is 153 cm³/mol. The fourth-order valence-electron chi connectivity index (χ4n) is 5.61. The third-order valence-electron chi connectivity index (χ3n) is 7.53. The number of benzene rings is 1. The molecule has 10 nitrogen and oxygen atoms in total. The van der Waals surface area contributed by atoms with E-state index in [9.17, 15) is 9.59 Å². The molecule has 1 aliphatic carbocycles. The minimum atomic E-state index is -0.651. The van der Waals surface area contributed by atoms with E-state index < -0.39 is 5.91 Å². The van der Waals surface area contributed by atoms with Gasteiger partial charge in [0.2, 0.25) is 0 Å². The number of hydrogen-bond acceptors (Lipinski definition) is 7. The van der Waals surface area contributed by atoms with Crippen molar-refractivity contribution in [3.05, 3.63) is 59.7 Å². The topological polar surface area (TPSA) is 122 Å². The number of amides is 2. The van der Waals surface area contributed by atoms with Gasteiger partial charge in [-0.05, 0) is 55.7 Å². The molecule has 208 valence electrons. The molecular weight excluding hydrogens is 492 g/mol. The number of nitrogens with two attached hydrogens (primary N) is 1. The molecule has 1 aromatic carbocycles. The minimum absolute atomic E-state index is 0. The molecule has 39 heavy (non-hydrogen) atoms. The molecule has 2 aliphatic heterocycles. The number of anilines is 3. The first-order chi connectivity index (χ1) is 18.5. The number of hydrogen-bond donors (Lipinski definition) is 2. The second-order valence-corrected chi connectivity index (χ2v) is 9.97. The number of primary amides is 1. The molecule has 6 rings (SSSR count). The SMILES string of the molecule is C.CC.Cn1cc(Nc2nc(N3CCCC4C3CCN4C(=O)c3ccc(C4CC4)cc3)cnc2C(N)=O)cn1. The summed E-state index contributed by atoms with van der Waals surface area (Å²) in [5.41, 5.74) is 8.42. The fourth-order valence-corrected chi connectivity index (χ4v) is 5.61. The Bertz CT molecular complexity index is 1300. The van der Waals surface area contributed by atoms with Crippen molar-refractivity contribution in [1.29, 1.82) is 0 Å². The summed E-state index contributed by atoms with van der Waals surface area (Å²) < 4.78 is 1.66. The van der Waals surface area contributed by atoms with E-state index in [-0.39, 0.29) is 31.1 Å². The Labute approximate surface area is 230 Å². The number of nitrogens with zero attached hydrogens (tertiary/aromatic N) is 6. The first-order valence-corrected chi connectivity index (χ1v) is 13.6. The van der Waals surface area contributed by atoms with Crippen LogP contribution in [0.15, 0.2) is 42.9 Å². The molecule has 1 saturated carbocycles. The van der Waals surface area contributed by atoms with Crippen molar-refractivity contribution >= 4 is 29.1 Å². The van der Waals surface area contributed by atoms with Crippen LogP contribution < -0.4 is 16.0 Å². The average Bonchev–Trinajstić information content (AvgIpc) is 3.58. The number of likely N-dealkylation sites (tertiary alicyclic amines) is 1. The molecule has 0 radical (unpaired) electrons. The molecule has 10 heteroatoms. The number of carbonyl (C=O) groups is 2. The van der Waals surface area contributed by atoms with Crippen LogP contribution >= 0.6 is 0 Å². The third-order valence-corrected chi connectivity index (χ3v) is 7.53. The lowest BCUT2D eigenvalue weighted by atomic mass is 9.96. The van der Waals surface area contributed by atoms with Crippen molar-refractivity contribution in [3.8, 4) is 0 Å². The van der Waals surface area contributed by atoms with Gasteiger partial charge >= 0.3 is 0 Å². The number of rotatable bonds is 6. The Morgan fingerprint density at radius 2 is 1.74 bits per heavy atom. The van der Waals surface area contributed by atoms with Crippen LogP contribution in [0.3, 0.4) is 0 Å². The van der Waals surface area contributed by atoms with Crippen LogP contribution in [0.25, 0.3) is 0 Å². The number of fused-ring (bicyclic) bond motifs is 1. The van der Waals surface area contributed by atoms with Gasteiger partial charge in [0.15, 0.2) is 11.5 Å². The highest BCUT2D eigenvalue weighted by molar-refractivity contribution is 5.96. The van der Waals surface area contributed by atoms with E-state index in [4.69, 9.17) is 10.7 Å². The van der Waals surface area contributed by atoms with Gasteiger partial charge in [-0.15, -0.1) is 0 Å². The summed E-state index contributed by atoms with van der Waals surface area (Å²) in [6.07, 6.45) is 10.3. The van der Waals surface area contributed by atoms with Crippen LogP contribution in [0, 0.1) is 0 Å². The summed E-state index contributed by atoms with van der Waals surface area (Å²) in [7, 11) is 1.81. The van der Waals surface area contributed by atoms with E-state index in [1.54, 1.807) is 23.3 Å². The van der Waals surface area contributed by atoms with E-state index in [1.165, 1.54) is 18.4 Å². The molecule has 2 saturated heterocycles. The van der Waals surface area contributed by atoms with Crippen molar-refractivity contribution < 1.29 is 9.59 Å². The van der Waals surface area contributed by atoms with Gasteiger partial charge < -0.3 is 20.9 Å². The van der Waals surface area contributed by atoms with Crippen LogP contribution in [0.5, 0.6) is 0 Å². The molecule has 3 N–H and O–H groups in total. The summed E-state index contributed by atoms with van der Waals surface area (Å²) >= 11 is 0. The Kier molecular flexibility index (Phi) is 8.52. The highest BCUT2D eigenvalue weighted by Gasteiger charge is 2.43. The predicted octanol–water partition coefficient (Wildman–Crippen LogP) is 4.48. The number of nitrogens with one attached hydrogen (secondary N) is 1. The van der Waals surface area contributed by atoms with Crippen molar-refractivity contribution in [2.75, 3.05) is 23.3 Å². The van der Waals surface area contributed by atoms with Gasteiger partial charge in [0.1, 0.15) is 5.82 Å². The summed E-state index contributed by atoms with van der Waals surface area (Å²) in [4.78, 5) is 38.8. The average molecular weight is 533 g/mol. The minimum Gasteiger partial charge on any atom is -0.364 e. The van der Waals surface area contributed by atoms with E-state index in [1.807, 2.05) is 37.9 Å². The largest absolute Gasteiger partial charge is 0.364 e. The molecule has 2 unspecified atom stereocenters. The van der Waals surface area contributed by atoms with E-state index in [0.29, 0.717) is 29.8 Å². The lowest BCUT2D eigenvalue weighted by molar-refractivity contribution is 0.0713. The zero-order valence-corrected chi connectivity index (χ0v) is 22.3. The van der Waals surface area contributed by atoms with Crippen molar-refractivity contribution in [1.82, 2.24) is 24.6 Å². The maximum absolute atomic E-state index is 13.4. The summed E-state index contributed by atoms with van der Waals surface area (Å²) in [6.45, 7) is 5.53. The maximum atomic E-state index is 13.4. The molecule has 0 bridgehead atoms. The Morgan fingerprint density at radius 1 is 1.00 bits per heavy atom. The lowest BCUT2D eigenvalue weighted by Gasteiger charge is -2.40. The second kappa shape index (κ2) is 11.8. The summed E-state index contributed by atoms with van der Waals surface area (Å²) in [5, 5.41) is 7.28. The molecule has 2 amide bonds. The van der Waals surface area contributed by atoms with Gasteiger partial charge in [0.25, 0.3) is 11.8 Å². The molecule has 2 aromatic heterocycles. The highest BCUT2D eigenvalue weighted by atomic mass is 16.2. The molecule has 3 aliphatic rings. The van der Waals surface area contributed by atoms with Gasteiger partial charge in [0, 0.05) is 31.9 Å². The quantitative estimate of drug-likeness (QED) is 0.480. The monoisotopic (exact) mass is 532 g/mol. The van der Waals surface area contributed by atoms with Crippen LogP contribution in [0.4, 0.5) is 17.3 Å².